The van der Waals surface area contributed by atoms with E-state index >= 15 is 0 Å². The van der Waals surface area contributed by atoms with Gasteiger partial charge in [-0.15, -0.1) is 0 Å². The molecule has 152 valence electrons. The van der Waals surface area contributed by atoms with Crippen molar-refractivity contribution in [2.75, 3.05) is 0 Å². The molecule has 2 amide bonds. The van der Waals surface area contributed by atoms with E-state index in [0.717, 1.165) is 31.2 Å². The summed E-state index contributed by atoms with van der Waals surface area (Å²) in [5.74, 6) is -0.0697. The third-order valence-corrected chi connectivity index (χ3v) is 5.98. The number of cyclic esters (lactones) is 1. The highest BCUT2D eigenvalue weighted by Gasteiger charge is 2.51. The Hall–Kier alpha value is -2.89. The fourth-order valence-electron chi connectivity index (χ4n) is 4.60. The molecule has 0 bridgehead atoms. The number of rotatable bonds is 4. The molecule has 6 nitrogen and oxygen atoms in total. The summed E-state index contributed by atoms with van der Waals surface area (Å²) in [5.41, 5.74) is 1.14. The van der Waals surface area contributed by atoms with E-state index in [4.69, 9.17) is 4.74 Å². The van der Waals surface area contributed by atoms with Crippen LogP contribution >= 0.6 is 0 Å². The van der Waals surface area contributed by atoms with E-state index in [1.165, 1.54) is 0 Å². The molecule has 4 rings (SSSR count). The lowest BCUT2D eigenvalue weighted by atomic mass is 9.86. The van der Waals surface area contributed by atoms with Gasteiger partial charge in [-0.25, -0.2) is 4.79 Å². The minimum absolute atomic E-state index is 0.0697. The number of carbonyl (C=O) groups excluding carboxylic acids is 2. The summed E-state index contributed by atoms with van der Waals surface area (Å²) in [7, 11) is 0. The van der Waals surface area contributed by atoms with Crippen molar-refractivity contribution in [2.45, 2.75) is 63.3 Å². The molecular formula is C23H27N3O3. The molecule has 0 unspecified atom stereocenters. The molecule has 1 aromatic heterocycles. The minimum atomic E-state index is -0.579. The Morgan fingerprint density at radius 2 is 1.72 bits per heavy atom. The van der Waals surface area contributed by atoms with Crippen molar-refractivity contribution < 1.29 is 14.3 Å². The smallest absolute Gasteiger partial charge is 0.411 e. The molecule has 1 aromatic carbocycles. The van der Waals surface area contributed by atoms with Crippen molar-refractivity contribution >= 4 is 12.0 Å². The number of nitrogens with one attached hydrogen (secondary N) is 1. The largest absolute Gasteiger partial charge is 0.441 e. The lowest BCUT2D eigenvalue weighted by molar-refractivity contribution is 0.0663. The molecule has 1 saturated carbocycles. The van der Waals surface area contributed by atoms with Crippen LogP contribution in [0.25, 0.3) is 0 Å². The molecule has 2 fully saturated rings. The van der Waals surface area contributed by atoms with E-state index in [1.807, 2.05) is 36.9 Å². The number of pyridine rings is 1. The highest BCUT2D eigenvalue weighted by molar-refractivity contribution is 5.94. The van der Waals surface area contributed by atoms with Crippen molar-refractivity contribution in [3.05, 3.63) is 66.0 Å². The van der Waals surface area contributed by atoms with Crippen LogP contribution in [0.5, 0.6) is 0 Å². The predicted octanol–water partition coefficient (Wildman–Crippen LogP) is 4.09. The number of carbonyl (C=O) groups is 2. The van der Waals surface area contributed by atoms with Gasteiger partial charge in [-0.2, -0.15) is 0 Å². The van der Waals surface area contributed by atoms with Crippen molar-refractivity contribution in [1.82, 2.24) is 15.2 Å². The molecule has 2 heterocycles. The quantitative estimate of drug-likeness (QED) is 0.849. The zero-order valence-corrected chi connectivity index (χ0v) is 16.9. The van der Waals surface area contributed by atoms with Crippen molar-refractivity contribution in [1.29, 1.82) is 0 Å². The molecule has 2 aromatic rings. The highest BCUT2D eigenvalue weighted by atomic mass is 16.6. The Labute approximate surface area is 171 Å². The van der Waals surface area contributed by atoms with Gasteiger partial charge >= 0.3 is 6.09 Å². The van der Waals surface area contributed by atoms with E-state index in [9.17, 15) is 9.59 Å². The first-order chi connectivity index (χ1) is 14.0. The van der Waals surface area contributed by atoms with Gasteiger partial charge in [0.05, 0.1) is 6.04 Å². The maximum absolute atomic E-state index is 12.7. The van der Waals surface area contributed by atoms with Gasteiger partial charge < -0.3 is 10.1 Å². The molecule has 2 aliphatic rings. The molecule has 1 N–H and O–H groups in total. The monoisotopic (exact) mass is 393 g/mol. The van der Waals surface area contributed by atoms with E-state index < -0.39 is 5.60 Å². The summed E-state index contributed by atoms with van der Waals surface area (Å²) in [5, 5.41) is 3.12. The summed E-state index contributed by atoms with van der Waals surface area (Å²) in [6, 6.07) is 13.7. The number of amides is 2. The summed E-state index contributed by atoms with van der Waals surface area (Å²) in [4.78, 5) is 31.0. The van der Waals surface area contributed by atoms with Crippen LogP contribution in [-0.4, -0.2) is 39.6 Å². The maximum atomic E-state index is 12.7. The van der Waals surface area contributed by atoms with E-state index in [2.05, 4.69) is 22.4 Å². The average Bonchev–Trinajstić information content (AvgIpc) is 2.98. The molecular weight excluding hydrogens is 366 g/mol. The first-order valence-electron chi connectivity index (χ1n) is 10.2. The van der Waals surface area contributed by atoms with Gasteiger partial charge in [0.1, 0.15) is 5.60 Å². The summed E-state index contributed by atoms with van der Waals surface area (Å²) in [6.45, 7) is 3.95. The van der Waals surface area contributed by atoms with Crippen LogP contribution in [0.2, 0.25) is 0 Å². The zero-order chi connectivity index (χ0) is 20.4. The van der Waals surface area contributed by atoms with Gasteiger partial charge in [-0.3, -0.25) is 14.7 Å². The number of ether oxygens (including phenoxy) is 1. The minimum Gasteiger partial charge on any atom is -0.441 e. The van der Waals surface area contributed by atoms with Gasteiger partial charge in [-0.05, 0) is 57.2 Å². The molecule has 29 heavy (non-hydrogen) atoms. The second-order valence-corrected chi connectivity index (χ2v) is 8.41. The normalized spacial score (nSPS) is 26.1. The fourth-order valence-corrected chi connectivity index (χ4v) is 4.60. The Morgan fingerprint density at radius 3 is 2.38 bits per heavy atom. The van der Waals surface area contributed by atoms with Gasteiger partial charge in [0.2, 0.25) is 0 Å². The van der Waals surface area contributed by atoms with Crippen LogP contribution in [0.15, 0.2) is 54.9 Å². The molecule has 0 radical (unpaired) electrons. The maximum Gasteiger partial charge on any atom is 0.411 e. The Balaban J connectivity index is 1.43. The highest BCUT2D eigenvalue weighted by Crippen LogP contribution is 2.44. The van der Waals surface area contributed by atoms with E-state index in [-0.39, 0.29) is 30.1 Å². The number of benzene rings is 1. The molecule has 1 atom stereocenters. The SMILES string of the molecule is CC1(C)OC(=O)N(C2CCC(NC(=O)c3ccncc3)CC2)[C@H]1c1ccccc1. The second-order valence-electron chi connectivity index (χ2n) is 8.41. The van der Waals surface area contributed by atoms with Crippen molar-refractivity contribution in [3.8, 4) is 0 Å². The molecule has 1 aliphatic carbocycles. The molecule has 6 heteroatoms. The van der Waals surface area contributed by atoms with Crippen LogP contribution in [0.3, 0.4) is 0 Å². The van der Waals surface area contributed by atoms with Crippen LogP contribution in [0, 0.1) is 0 Å². The third kappa shape index (κ3) is 3.97. The molecule has 1 aliphatic heterocycles. The number of hydrogen-bond acceptors (Lipinski definition) is 4. The first kappa shape index (κ1) is 19.4. The first-order valence-corrected chi connectivity index (χ1v) is 10.2. The van der Waals surface area contributed by atoms with Gasteiger partial charge in [0.25, 0.3) is 5.91 Å². The van der Waals surface area contributed by atoms with Gasteiger partial charge in [-0.1, -0.05) is 30.3 Å². The molecule has 0 spiro atoms. The number of hydrogen-bond donors (Lipinski definition) is 1. The van der Waals surface area contributed by atoms with Crippen LogP contribution < -0.4 is 5.32 Å². The summed E-state index contributed by atoms with van der Waals surface area (Å²) >= 11 is 0. The Morgan fingerprint density at radius 1 is 1.07 bits per heavy atom. The number of nitrogens with zero attached hydrogens (tertiary/aromatic N) is 2. The fraction of sp³-hybridized carbons (Fsp3) is 0.435. The Bertz CT molecular complexity index is 861. The standard InChI is InChI=1S/C23H27N3O3/c1-23(2)20(16-6-4-3-5-7-16)26(22(28)29-23)19-10-8-18(9-11-19)25-21(27)17-12-14-24-15-13-17/h3-7,12-15,18-20H,8-11H2,1-2H3,(H,25,27)/t18?,19?,20-/m0/s1. The van der Waals surface area contributed by atoms with Crippen molar-refractivity contribution in [3.63, 3.8) is 0 Å². The lowest BCUT2D eigenvalue weighted by Gasteiger charge is -2.38. The second kappa shape index (κ2) is 7.85. The Kier molecular flexibility index (Phi) is 5.26. The van der Waals surface area contributed by atoms with Crippen LogP contribution in [-0.2, 0) is 4.74 Å². The van der Waals surface area contributed by atoms with Crippen molar-refractivity contribution in [2.24, 2.45) is 0 Å². The number of aromatic nitrogens is 1. The van der Waals surface area contributed by atoms with Gasteiger partial charge in [0, 0.05) is 30.0 Å². The third-order valence-electron chi connectivity index (χ3n) is 5.98. The van der Waals surface area contributed by atoms with Crippen LogP contribution in [0.4, 0.5) is 4.79 Å². The topological polar surface area (TPSA) is 71.5 Å². The summed E-state index contributed by atoms with van der Waals surface area (Å²) < 4.78 is 5.74. The van der Waals surface area contributed by atoms with Gasteiger partial charge in [0.15, 0.2) is 0 Å². The average molecular weight is 393 g/mol. The van der Waals surface area contributed by atoms with Crippen LogP contribution in [0.1, 0.15) is 61.5 Å². The van der Waals surface area contributed by atoms with E-state index in [0.29, 0.717) is 5.56 Å². The predicted molar refractivity (Wildman–Crippen MR) is 109 cm³/mol. The summed E-state index contributed by atoms with van der Waals surface area (Å²) in [6.07, 6.45) is 6.37. The van der Waals surface area contributed by atoms with E-state index in [1.54, 1.807) is 24.5 Å². The zero-order valence-electron chi connectivity index (χ0n) is 16.9. The molecule has 1 saturated heterocycles. The lowest BCUT2D eigenvalue weighted by Crippen LogP contribution is -2.46.